The molecule has 1 saturated carbocycles. The standard InChI is InChI=1S/C35H47N3O3/c1-24-11-13-29-30(20-24)37(17-16-36-15-7-8-25(23-36)22-35(2,3)41)18-19-38-31-21-27(34(39)40)12-14-28(31)32(33(29)38)26-9-5-4-6-10-26/h11-14,20-21,25-26,41H,4-10,15-19,22-23H2,1-3H3,(H,39,40)/t25-/m0/s1. The first kappa shape index (κ1) is 28.3. The van der Waals surface area contributed by atoms with Gasteiger partial charge in [-0.15, -0.1) is 0 Å². The van der Waals surface area contributed by atoms with E-state index in [1.165, 1.54) is 78.4 Å². The number of carbonyl (C=O) groups is 1. The smallest absolute Gasteiger partial charge is 0.335 e. The topological polar surface area (TPSA) is 68.9 Å². The molecule has 6 nitrogen and oxygen atoms in total. The van der Waals surface area contributed by atoms with E-state index in [1.807, 2.05) is 19.9 Å². The Labute approximate surface area is 245 Å². The summed E-state index contributed by atoms with van der Waals surface area (Å²) < 4.78 is 2.44. The van der Waals surface area contributed by atoms with Crippen LogP contribution in [0.25, 0.3) is 22.2 Å². The summed E-state index contributed by atoms with van der Waals surface area (Å²) in [5, 5.41) is 21.5. The summed E-state index contributed by atoms with van der Waals surface area (Å²) in [5.74, 6) is 0.202. The Kier molecular flexibility index (Phi) is 7.90. The van der Waals surface area contributed by atoms with Crippen LogP contribution in [-0.4, -0.2) is 64.0 Å². The fourth-order valence-corrected chi connectivity index (χ4v) is 8.00. The molecule has 2 fully saturated rings. The minimum Gasteiger partial charge on any atom is -0.478 e. The van der Waals surface area contributed by atoms with Gasteiger partial charge >= 0.3 is 5.97 Å². The highest BCUT2D eigenvalue weighted by Gasteiger charge is 2.31. The molecule has 6 heteroatoms. The minimum absolute atomic E-state index is 0.365. The van der Waals surface area contributed by atoms with Crippen LogP contribution < -0.4 is 4.90 Å². The van der Waals surface area contributed by atoms with Gasteiger partial charge in [0.15, 0.2) is 0 Å². The molecular formula is C35H47N3O3. The van der Waals surface area contributed by atoms with Gasteiger partial charge in [-0.05, 0) is 101 Å². The highest BCUT2D eigenvalue weighted by Crippen LogP contribution is 2.47. The second kappa shape index (κ2) is 11.4. The van der Waals surface area contributed by atoms with Crippen molar-refractivity contribution >= 4 is 22.6 Å². The Morgan fingerprint density at radius 2 is 1.76 bits per heavy atom. The first-order valence-corrected chi connectivity index (χ1v) is 15.9. The first-order chi connectivity index (χ1) is 19.7. The van der Waals surface area contributed by atoms with Gasteiger partial charge in [-0.3, -0.25) is 0 Å². The van der Waals surface area contributed by atoms with Crippen LogP contribution in [0, 0.1) is 12.8 Å². The number of hydrogen-bond donors (Lipinski definition) is 2. The number of carboxylic acids is 1. The van der Waals surface area contributed by atoms with Crippen molar-refractivity contribution in [3.05, 3.63) is 53.1 Å². The number of anilines is 1. The van der Waals surface area contributed by atoms with E-state index < -0.39 is 11.6 Å². The summed E-state index contributed by atoms with van der Waals surface area (Å²) in [4.78, 5) is 17.2. The van der Waals surface area contributed by atoms with E-state index in [4.69, 9.17) is 0 Å². The van der Waals surface area contributed by atoms with Gasteiger partial charge in [-0.1, -0.05) is 37.5 Å². The number of benzene rings is 2. The Bertz CT molecular complexity index is 1410. The van der Waals surface area contributed by atoms with Crippen LogP contribution in [0.5, 0.6) is 0 Å². The molecule has 0 unspecified atom stereocenters. The Morgan fingerprint density at radius 3 is 2.51 bits per heavy atom. The predicted molar refractivity (Wildman–Crippen MR) is 167 cm³/mol. The number of fused-ring (bicyclic) bond motifs is 5. The van der Waals surface area contributed by atoms with Gasteiger partial charge < -0.3 is 24.6 Å². The molecule has 41 heavy (non-hydrogen) atoms. The Hall–Kier alpha value is -2.83. The van der Waals surface area contributed by atoms with Crippen molar-refractivity contribution < 1.29 is 15.0 Å². The molecule has 0 radical (unpaired) electrons. The number of nitrogens with zero attached hydrogens (tertiary/aromatic N) is 3. The molecule has 0 spiro atoms. The largest absolute Gasteiger partial charge is 0.478 e. The Balaban J connectivity index is 1.36. The number of piperidine rings is 1. The zero-order valence-electron chi connectivity index (χ0n) is 25.2. The van der Waals surface area contributed by atoms with Crippen LogP contribution in [0.1, 0.15) is 92.6 Å². The zero-order chi connectivity index (χ0) is 28.7. The van der Waals surface area contributed by atoms with Gasteiger partial charge in [0.25, 0.3) is 0 Å². The summed E-state index contributed by atoms with van der Waals surface area (Å²) >= 11 is 0. The third kappa shape index (κ3) is 5.91. The number of aromatic carboxylic acids is 1. The fourth-order valence-electron chi connectivity index (χ4n) is 8.00. The molecule has 1 saturated heterocycles. The van der Waals surface area contributed by atoms with Crippen molar-refractivity contribution in [2.24, 2.45) is 5.92 Å². The van der Waals surface area contributed by atoms with E-state index in [2.05, 4.69) is 45.6 Å². The maximum absolute atomic E-state index is 12.0. The number of aromatic nitrogens is 1. The molecule has 1 aromatic heterocycles. The van der Waals surface area contributed by atoms with Gasteiger partial charge in [0, 0.05) is 54.9 Å². The third-order valence-corrected chi connectivity index (χ3v) is 9.78. The number of aryl methyl sites for hydroxylation is 1. The predicted octanol–water partition coefficient (Wildman–Crippen LogP) is 7.06. The molecule has 2 aromatic carbocycles. The van der Waals surface area contributed by atoms with E-state index >= 15 is 0 Å². The molecule has 2 N–H and O–H groups in total. The number of hydrogen-bond acceptors (Lipinski definition) is 4. The maximum atomic E-state index is 12.0. The fraction of sp³-hybridized carbons (Fsp3) is 0.571. The summed E-state index contributed by atoms with van der Waals surface area (Å²) in [5.41, 5.74) is 7.45. The summed E-state index contributed by atoms with van der Waals surface area (Å²) in [6.07, 6.45) is 9.52. The second-order valence-corrected chi connectivity index (χ2v) is 13.6. The van der Waals surface area contributed by atoms with Crippen molar-refractivity contribution in [2.75, 3.05) is 37.6 Å². The van der Waals surface area contributed by atoms with Crippen molar-refractivity contribution in [1.29, 1.82) is 0 Å². The van der Waals surface area contributed by atoms with Crippen molar-refractivity contribution in [1.82, 2.24) is 9.47 Å². The van der Waals surface area contributed by atoms with Gasteiger partial charge in [0.05, 0.1) is 16.9 Å². The lowest BCUT2D eigenvalue weighted by molar-refractivity contribution is 0.0345. The lowest BCUT2D eigenvalue weighted by atomic mass is 9.81. The lowest BCUT2D eigenvalue weighted by Gasteiger charge is -2.36. The van der Waals surface area contributed by atoms with Crippen LogP contribution in [0.15, 0.2) is 36.4 Å². The van der Waals surface area contributed by atoms with E-state index in [1.54, 1.807) is 6.07 Å². The molecule has 1 atom stereocenters. The van der Waals surface area contributed by atoms with Crippen LogP contribution in [0.4, 0.5) is 5.69 Å². The maximum Gasteiger partial charge on any atom is 0.335 e. The summed E-state index contributed by atoms with van der Waals surface area (Å²) in [6.45, 7) is 12.0. The van der Waals surface area contributed by atoms with Crippen molar-refractivity contribution in [2.45, 2.75) is 90.2 Å². The zero-order valence-corrected chi connectivity index (χ0v) is 25.2. The monoisotopic (exact) mass is 557 g/mol. The van der Waals surface area contributed by atoms with E-state index in [9.17, 15) is 15.0 Å². The van der Waals surface area contributed by atoms with Gasteiger partial charge in [0.2, 0.25) is 0 Å². The van der Waals surface area contributed by atoms with Crippen LogP contribution in [0.2, 0.25) is 0 Å². The summed E-state index contributed by atoms with van der Waals surface area (Å²) in [7, 11) is 0. The highest BCUT2D eigenvalue weighted by molar-refractivity contribution is 5.99. The first-order valence-electron chi connectivity index (χ1n) is 15.9. The molecule has 0 bridgehead atoms. The number of likely N-dealkylation sites (tertiary alicyclic amines) is 1. The summed E-state index contributed by atoms with van der Waals surface area (Å²) in [6, 6.07) is 12.7. The molecule has 3 aromatic rings. The van der Waals surface area contributed by atoms with E-state index in [0.717, 1.165) is 51.2 Å². The van der Waals surface area contributed by atoms with Crippen molar-refractivity contribution in [3.63, 3.8) is 0 Å². The molecule has 3 heterocycles. The quantitative estimate of drug-likeness (QED) is 0.326. The minimum atomic E-state index is -0.864. The number of rotatable bonds is 7. The molecule has 3 aliphatic rings. The van der Waals surface area contributed by atoms with Crippen LogP contribution in [-0.2, 0) is 6.54 Å². The Morgan fingerprint density at radius 1 is 0.951 bits per heavy atom. The van der Waals surface area contributed by atoms with Crippen LogP contribution in [0.3, 0.4) is 0 Å². The van der Waals surface area contributed by atoms with E-state index in [0.29, 0.717) is 17.4 Å². The van der Waals surface area contributed by atoms with Crippen molar-refractivity contribution in [3.8, 4) is 11.3 Å². The highest BCUT2D eigenvalue weighted by atomic mass is 16.4. The number of aliphatic hydroxyl groups is 1. The molecule has 2 aliphatic heterocycles. The SMILES string of the molecule is Cc1ccc2c(c1)N(CCN1CCC[C@@H](CC(C)(C)O)C1)CCn1c-2c(C2CCCCC2)c2ccc(C(=O)O)cc21. The average molecular weight is 558 g/mol. The van der Waals surface area contributed by atoms with E-state index in [-0.39, 0.29) is 0 Å². The molecule has 1 aliphatic carbocycles. The van der Waals surface area contributed by atoms with Gasteiger partial charge in [0.1, 0.15) is 0 Å². The lowest BCUT2D eigenvalue weighted by Crippen LogP contribution is -2.42. The van der Waals surface area contributed by atoms with Gasteiger partial charge in [-0.2, -0.15) is 0 Å². The van der Waals surface area contributed by atoms with Crippen LogP contribution >= 0.6 is 0 Å². The molecule has 0 amide bonds. The second-order valence-electron chi connectivity index (χ2n) is 13.6. The van der Waals surface area contributed by atoms with Gasteiger partial charge in [-0.25, -0.2) is 4.79 Å². The average Bonchev–Trinajstić information content (AvgIpc) is 3.17. The normalized spacial score (nSPS) is 20.6. The third-order valence-electron chi connectivity index (χ3n) is 9.78. The molecular weight excluding hydrogens is 510 g/mol. The molecule has 220 valence electrons. The number of carboxylic acid groups (broad SMARTS) is 1. The molecule has 6 rings (SSSR count).